The van der Waals surface area contributed by atoms with Gasteiger partial charge in [-0.15, -0.1) is 0 Å². The van der Waals surface area contributed by atoms with Crippen molar-refractivity contribution < 1.29 is 13.2 Å². The van der Waals surface area contributed by atoms with E-state index in [1.54, 1.807) is 0 Å². The minimum Gasteiger partial charge on any atom is -0.355 e. The molecule has 3 heterocycles. The maximum Gasteiger partial charge on any atom is 0.328 e. The number of sulfonamides is 1. The van der Waals surface area contributed by atoms with Crippen LogP contribution in [0.25, 0.3) is 10.9 Å². The molecule has 0 bridgehead atoms. The van der Waals surface area contributed by atoms with E-state index in [1.165, 1.54) is 29.6 Å². The van der Waals surface area contributed by atoms with E-state index >= 15 is 0 Å². The lowest BCUT2D eigenvalue weighted by Gasteiger charge is -2.17. The van der Waals surface area contributed by atoms with Gasteiger partial charge in [0.25, 0.3) is 5.56 Å². The van der Waals surface area contributed by atoms with Gasteiger partial charge in [-0.3, -0.25) is 14.2 Å². The predicted molar refractivity (Wildman–Crippen MR) is 88.6 cm³/mol. The largest absolute Gasteiger partial charge is 0.355 e. The van der Waals surface area contributed by atoms with Crippen molar-refractivity contribution in [3.05, 3.63) is 39.0 Å². The van der Waals surface area contributed by atoms with Crippen molar-refractivity contribution in [3.8, 4) is 0 Å². The average molecular weight is 364 g/mol. The van der Waals surface area contributed by atoms with E-state index in [-0.39, 0.29) is 46.6 Å². The van der Waals surface area contributed by atoms with E-state index in [2.05, 4.69) is 10.3 Å². The summed E-state index contributed by atoms with van der Waals surface area (Å²) in [5, 5.41) is 2.86. The molecule has 0 aliphatic carbocycles. The zero-order valence-corrected chi connectivity index (χ0v) is 14.2. The van der Waals surface area contributed by atoms with Gasteiger partial charge in [-0.25, -0.2) is 13.2 Å². The van der Waals surface area contributed by atoms with Crippen LogP contribution in [0, 0.1) is 11.8 Å². The molecule has 2 aliphatic rings. The van der Waals surface area contributed by atoms with E-state index in [4.69, 9.17) is 0 Å². The van der Waals surface area contributed by atoms with Gasteiger partial charge in [0.05, 0.1) is 21.7 Å². The number of nitrogens with zero attached hydrogens (tertiary/aromatic N) is 2. The topological polar surface area (TPSA) is 121 Å². The third-order valence-corrected chi connectivity index (χ3v) is 6.82. The van der Waals surface area contributed by atoms with Crippen LogP contribution in [0.15, 0.2) is 32.7 Å². The molecule has 0 saturated carbocycles. The molecule has 2 atom stereocenters. The van der Waals surface area contributed by atoms with E-state index in [0.717, 1.165) is 4.57 Å². The maximum absolute atomic E-state index is 12.9. The number of hydrogen-bond donors (Lipinski definition) is 2. The monoisotopic (exact) mass is 364 g/mol. The summed E-state index contributed by atoms with van der Waals surface area (Å²) in [5.41, 5.74) is -0.843. The molecule has 0 radical (unpaired) electrons. The molecule has 1 aromatic carbocycles. The first-order valence-corrected chi connectivity index (χ1v) is 9.24. The highest BCUT2D eigenvalue weighted by atomic mass is 32.2. The van der Waals surface area contributed by atoms with E-state index < -0.39 is 21.3 Å². The summed E-state index contributed by atoms with van der Waals surface area (Å²) in [7, 11) is -2.50. The number of aromatic nitrogens is 2. The lowest BCUT2D eigenvalue weighted by molar-refractivity contribution is -0.122. The van der Waals surface area contributed by atoms with E-state index in [0.29, 0.717) is 6.54 Å². The van der Waals surface area contributed by atoms with Crippen LogP contribution >= 0.6 is 0 Å². The van der Waals surface area contributed by atoms with Crippen LogP contribution in [0.2, 0.25) is 0 Å². The Kier molecular flexibility index (Phi) is 3.38. The fraction of sp³-hybridized carbons (Fsp3) is 0.400. The highest BCUT2D eigenvalue weighted by molar-refractivity contribution is 7.89. The fourth-order valence-electron chi connectivity index (χ4n) is 3.49. The van der Waals surface area contributed by atoms with Crippen molar-refractivity contribution in [2.75, 3.05) is 19.6 Å². The fourth-order valence-corrected chi connectivity index (χ4v) is 5.03. The average Bonchev–Trinajstić information content (AvgIpc) is 3.15. The number of carbonyl (C=O) groups is 1. The number of nitrogens with one attached hydrogen (secondary N) is 2. The summed E-state index contributed by atoms with van der Waals surface area (Å²) in [6.07, 6.45) is 0. The summed E-state index contributed by atoms with van der Waals surface area (Å²) in [4.78, 5) is 38.1. The number of carbonyl (C=O) groups excluding carboxylic acids is 1. The third kappa shape index (κ3) is 2.32. The van der Waals surface area contributed by atoms with Crippen molar-refractivity contribution in [3.63, 3.8) is 0 Å². The number of rotatable bonds is 2. The van der Waals surface area contributed by atoms with E-state index in [1.807, 2.05) is 0 Å². The molecule has 9 nitrogen and oxygen atoms in total. The van der Waals surface area contributed by atoms with Crippen molar-refractivity contribution in [1.29, 1.82) is 0 Å². The molecule has 2 fully saturated rings. The van der Waals surface area contributed by atoms with Gasteiger partial charge in [-0.05, 0) is 18.2 Å². The summed E-state index contributed by atoms with van der Waals surface area (Å²) in [6, 6.07) is 4.05. The number of benzene rings is 1. The lowest BCUT2D eigenvalue weighted by atomic mass is 10.0. The zero-order valence-electron chi connectivity index (χ0n) is 13.4. The second-order valence-corrected chi connectivity index (χ2v) is 8.37. The molecule has 2 saturated heterocycles. The number of aromatic amines is 1. The highest BCUT2D eigenvalue weighted by Gasteiger charge is 2.46. The molecule has 10 heteroatoms. The summed E-state index contributed by atoms with van der Waals surface area (Å²) in [6.45, 7) is 0.892. The Morgan fingerprint density at radius 2 is 1.92 bits per heavy atom. The normalized spacial score (nSPS) is 23.8. The van der Waals surface area contributed by atoms with Crippen molar-refractivity contribution in [2.24, 2.45) is 18.9 Å². The predicted octanol–water partition coefficient (Wildman–Crippen LogP) is -1.41. The van der Waals surface area contributed by atoms with Crippen LogP contribution in [0.4, 0.5) is 0 Å². The standard InChI is InChI=1S/C15H16N4O5S/c1-18-14(21)10-4-9(2-3-12(10)17-15(18)22)25(23,24)19-6-8-5-16-13(20)11(8)7-19/h2-4,8,11H,5-7H2,1H3,(H,16,20)(H,17,22)/t8-,11+/m0/s1. The molecule has 25 heavy (non-hydrogen) atoms. The van der Waals surface area contributed by atoms with Gasteiger partial charge in [-0.2, -0.15) is 4.31 Å². The van der Waals surface area contributed by atoms with Crippen LogP contribution in [-0.2, 0) is 21.9 Å². The van der Waals surface area contributed by atoms with Crippen molar-refractivity contribution in [1.82, 2.24) is 19.2 Å². The highest BCUT2D eigenvalue weighted by Crippen LogP contribution is 2.31. The Morgan fingerprint density at radius 3 is 2.64 bits per heavy atom. The van der Waals surface area contributed by atoms with Gasteiger partial charge >= 0.3 is 5.69 Å². The van der Waals surface area contributed by atoms with Crippen LogP contribution in [0.3, 0.4) is 0 Å². The summed E-state index contributed by atoms with van der Waals surface area (Å²) < 4.78 is 28.0. The molecule has 132 valence electrons. The SMILES string of the molecule is Cn1c(=O)[nH]c2ccc(S(=O)(=O)N3C[C@@H]4CNC(=O)[C@@H]4C3)cc2c1=O. The molecular weight excluding hydrogens is 348 g/mol. The molecule has 2 N–H and O–H groups in total. The molecule has 1 amide bonds. The molecule has 2 aromatic rings. The summed E-state index contributed by atoms with van der Waals surface area (Å²) >= 11 is 0. The number of fused-ring (bicyclic) bond motifs is 2. The summed E-state index contributed by atoms with van der Waals surface area (Å²) in [5.74, 6) is -0.459. The number of hydrogen-bond acceptors (Lipinski definition) is 5. The van der Waals surface area contributed by atoms with Gasteiger partial charge < -0.3 is 10.3 Å². The minimum absolute atomic E-state index is 0.0213. The van der Waals surface area contributed by atoms with Gasteiger partial charge in [0.15, 0.2) is 0 Å². The van der Waals surface area contributed by atoms with E-state index in [9.17, 15) is 22.8 Å². The molecule has 2 aliphatic heterocycles. The Labute approximate surface area is 142 Å². The first-order valence-electron chi connectivity index (χ1n) is 7.80. The Balaban J connectivity index is 1.78. The zero-order chi connectivity index (χ0) is 17.9. The quantitative estimate of drug-likeness (QED) is 0.678. The van der Waals surface area contributed by atoms with Crippen molar-refractivity contribution >= 4 is 26.8 Å². The Morgan fingerprint density at radius 1 is 1.16 bits per heavy atom. The van der Waals surface area contributed by atoms with Crippen LogP contribution in [0.1, 0.15) is 0 Å². The molecule has 0 unspecified atom stereocenters. The molecule has 4 rings (SSSR count). The number of H-pyrrole nitrogens is 1. The van der Waals surface area contributed by atoms with Gasteiger partial charge in [0.1, 0.15) is 0 Å². The van der Waals surface area contributed by atoms with Crippen molar-refractivity contribution in [2.45, 2.75) is 4.90 Å². The lowest BCUT2D eigenvalue weighted by Crippen LogP contribution is -2.34. The van der Waals surface area contributed by atoms with Crippen LogP contribution in [0.5, 0.6) is 0 Å². The van der Waals surface area contributed by atoms with Gasteiger partial charge in [0.2, 0.25) is 15.9 Å². The smallest absolute Gasteiger partial charge is 0.328 e. The van der Waals surface area contributed by atoms with Gasteiger partial charge in [0, 0.05) is 32.6 Å². The molecular formula is C15H16N4O5S. The van der Waals surface area contributed by atoms with Crippen LogP contribution in [-0.4, -0.2) is 47.8 Å². The second kappa shape index (κ2) is 5.27. The van der Waals surface area contributed by atoms with Gasteiger partial charge in [-0.1, -0.05) is 0 Å². The molecule has 1 aromatic heterocycles. The Bertz CT molecular complexity index is 1120. The minimum atomic E-state index is -3.82. The number of amides is 1. The first kappa shape index (κ1) is 16.0. The Hall–Kier alpha value is -2.46. The third-order valence-electron chi connectivity index (χ3n) is 4.99. The molecule has 0 spiro atoms. The second-order valence-electron chi connectivity index (χ2n) is 6.44. The maximum atomic E-state index is 12.9. The first-order chi connectivity index (χ1) is 11.8. The van der Waals surface area contributed by atoms with Crippen LogP contribution < -0.4 is 16.6 Å².